The number of hydrogen-bond acceptors (Lipinski definition) is 0. The minimum absolute atomic E-state index is 0. The summed E-state index contributed by atoms with van der Waals surface area (Å²) in [6.45, 7) is 0. The van der Waals surface area contributed by atoms with Crippen molar-refractivity contribution in [2.75, 3.05) is 0 Å². The van der Waals surface area contributed by atoms with Crippen molar-refractivity contribution in [3.63, 3.8) is 0 Å². The van der Waals surface area contributed by atoms with Gasteiger partial charge in [-0.25, -0.2) is 0 Å². The van der Waals surface area contributed by atoms with Gasteiger partial charge in [0.15, 0.2) is 0 Å². The Labute approximate surface area is 200 Å². The van der Waals surface area contributed by atoms with Crippen molar-refractivity contribution in [2.45, 2.75) is 0 Å². The molecule has 0 aromatic carbocycles. The van der Waals surface area contributed by atoms with E-state index < -0.39 is 0 Å². The molecule has 0 fully saturated rings. The van der Waals surface area contributed by atoms with Gasteiger partial charge in [-0.15, -0.1) is 0 Å². The van der Waals surface area contributed by atoms with Gasteiger partial charge in [0.2, 0.25) is 0 Å². The van der Waals surface area contributed by atoms with Gasteiger partial charge in [-0.2, -0.15) is 0 Å². The number of rotatable bonds is 0. The van der Waals surface area contributed by atoms with Crippen molar-refractivity contribution in [3.8, 4) is 0 Å². The van der Waals surface area contributed by atoms with E-state index in [1.165, 1.54) is 0 Å². The molecule has 0 aliphatic carbocycles. The van der Waals surface area contributed by atoms with Crippen LogP contribution in [0.3, 0.4) is 0 Å². The van der Waals surface area contributed by atoms with Crippen molar-refractivity contribution >= 4 is 81.9 Å². The molecule has 6 radical (unpaired) electrons. The minimum atomic E-state index is 0. The molecular formula is MoO9Pb3Sc2-6. The molecule has 0 saturated heterocycles. The van der Waals surface area contributed by atoms with Crippen LogP contribution in [-0.4, -0.2) is 81.9 Å². The summed E-state index contributed by atoms with van der Waals surface area (Å²) in [6, 6.07) is 0. The summed E-state index contributed by atoms with van der Waals surface area (Å²) < 4.78 is 0. The van der Waals surface area contributed by atoms with Crippen LogP contribution in [0, 0.1) is 0 Å². The Kier molecular flexibility index (Phi) is 5140. The van der Waals surface area contributed by atoms with Crippen LogP contribution in [0.15, 0.2) is 0 Å². The number of hydrogen-bond donors (Lipinski definition) is 0. The van der Waals surface area contributed by atoms with Gasteiger partial charge in [-0.3, -0.25) is 0 Å². The molecule has 0 N–H and O–H groups in total. The maximum atomic E-state index is 0. The van der Waals surface area contributed by atoms with E-state index in [2.05, 4.69) is 0 Å². The first-order valence-electron chi connectivity index (χ1n) is 0. The van der Waals surface area contributed by atoms with Gasteiger partial charge in [0.05, 0.1) is 0 Å². The molecule has 0 aromatic rings. The molecule has 84 valence electrons. The molecule has 0 atom stereocenters. The van der Waals surface area contributed by atoms with Crippen LogP contribution in [-0.2, 0) is 122 Å². The van der Waals surface area contributed by atoms with Crippen molar-refractivity contribution in [1.29, 1.82) is 0 Å². The van der Waals surface area contributed by atoms with Crippen LogP contribution in [0.25, 0.3) is 0 Å². The van der Waals surface area contributed by atoms with Gasteiger partial charge in [-0.05, 0) is 0 Å². The molecule has 0 rings (SSSR count). The first-order chi connectivity index (χ1) is 0. The molecule has 0 heterocycles. The maximum absolute atomic E-state index is 0. The third-order valence-electron chi connectivity index (χ3n) is 0. The van der Waals surface area contributed by atoms with Gasteiger partial charge in [-0.1, -0.05) is 0 Å². The van der Waals surface area contributed by atoms with Crippen LogP contribution in [0.4, 0.5) is 0 Å². The Morgan fingerprint density at radius 2 is 0.267 bits per heavy atom. The van der Waals surface area contributed by atoms with Gasteiger partial charge < -0.3 is 49.3 Å². The summed E-state index contributed by atoms with van der Waals surface area (Å²) in [5.74, 6) is 0. The molecule has 0 saturated carbocycles. The minimum Gasteiger partial charge on any atom is -2.00 e. The molecule has 15 heteroatoms. The summed E-state index contributed by atoms with van der Waals surface area (Å²) in [7, 11) is 0. The van der Waals surface area contributed by atoms with Crippen LogP contribution in [0.5, 0.6) is 0 Å². The van der Waals surface area contributed by atoms with Crippen LogP contribution >= 0.6 is 0 Å². The summed E-state index contributed by atoms with van der Waals surface area (Å²) in [6.07, 6.45) is 0. The Morgan fingerprint density at radius 3 is 0.267 bits per heavy atom. The van der Waals surface area contributed by atoms with Crippen LogP contribution in [0.1, 0.15) is 0 Å². The molecule has 0 aliphatic rings. The van der Waals surface area contributed by atoms with E-state index >= 15 is 0 Å². The molecule has 0 unspecified atom stereocenters. The molecule has 0 spiro atoms. The smallest absolute Gasteiger partial charge is 2.00 e. The molecule has 15 heavy (non-hydrogen) atoms. The molecular weight excluding hydrogens is 951 g/mol. The molecule has 9 nitrogen and oxygen atoms in total. The first-order valence-corrected chi connectivity index (χ1v) is 0. The zero-order chi connectivity index (χ0) is 0. The Hall–Kier alpha value is 4.83. The van der Waals surface area contributed by atoms with E-state index in [4.69, 9.17) is 0 Å². The third kappa shape index (κ3) is 228. The molecule has 0 aliphatic heterocycles. The summed E-state index contributed by atoms with van der Waals surface area (Å²) >= 11 is 0. The van der Waals surface area contributed by atoms with Gasteiger partial charge >= 0.3 is 134 Å². The van der Waals surface area contributed by atoms with E-state index in [0.29, 0.717) is 0 Å². The topological polar surface area (TPSA) is 256 Å². The summed E-state index contributed by atoms with van der Waals surface area (Å²) in [5, 5.41) is 0. The molecule has 0 bridgehead atoms. The fourth-order valence-electron chi connectivity index (χ4n) is 0. The average molecular weight is 951 g/mol. The van der Waals surface area contributed by atoms with E-state index in [-0.39, 0.29) is 204 Å². The Balaban J connectivity index is 0. The van der Waals surface area contributed by atoms with E-state index in [0.717, 1.165) is 0 Å². The van der Waals surface area contributed by atoms with Crippen LogP contribution < -0.4 is 0 Å². The second kappa shape index (κ2) is 256. The maximum Gasteiger partial charge on any atom is 3.00 e. The zero-order valence-corrected chi connectivity index (χ0v) is 24.0. The van der Waals surface area contributed by atoms with Crippen molar-refractivity contribution < 1.29 is 122 Å². The largest absolute Gasteiger partial charge is 3.00 e. The first kappa shape index (κ1) is 301. The van der Waals surface area contributed by atoms with Gasteiger partial charge in [0.25, 0.3) is 0 Å². The third-order valence-corrected chi connectivity index (χ3v) is 0. The predicted octanol–water partition coefficient (Wildman–Crippen LogP) is -2.22. The monoisotopic (exact) mass is 956 g/mol. The molecule has 0 aromatic heterocycles. The van der Waals surface area contributed by atoms with Crippen molar-refractivity contribution in [2.24, 2.45) is 0 Å². The normalized spacial score (nSPS) is 0. The van der Waals surface area contributed by atoms with Gasteiger partial charge in [0, 0.05) is 21.1 Å². The second-order valence-corrected chi connectivity index (χ2v) is 0. The van der Waals surface area contributed by atoms with Crippen molar-refractivity contribution in [1.82, 2.24) is 0 Å². The average Bonchev–Trinajstić information content (AvgIpc) is 0. The van der Waals surface area contributed by atoms with Crippen molar-refractivity contribution in [3.05, 3.63) is 0 Å². The second-order valence-electron chi connectivity index (χ2n) is 0. The predicted molar refractivity (Wildman–Crippen MR) is 23.4 cm³/mol. The molecule has 0 amide bonds. The Morgan fingerprint density at radius 1 is 0.267 bits per heavy atom. The Bertz CT molecular complexity index is 23.3. The van der Waals surface area contributed by atoms with E-state index in [9.17, 15) is 0 Å². The fourth-order valence-corrected chi connectivity index (χ4v) is 0. The SMILES string of the molecule is [Mo].[O-2].[O-2].[O-2].[O-2].[O-2].[O-2].[O-2].[O-2].[O-2].[Pb+2].[Pb+2].[Pb+2].[Sc+3].[Sc+3]. The van der Waals surface area contributed by atoms with E-state index in [1.54, 1.807) is 0 Å². The summed E-state index contributed by atoms with van der Waals surface area (Å²) in [5.41, 5.74) is 0. The van der Waals surface area contributed by atoms with Gasteiger partial charge in [0.1, 0.15) is 0 Å². The zero-order valence-electron chi connectivity index (χ0n) is 6.74. The quantitative estimate of drug-likeness (QED) is 0.234. The fraction of sp³-hybridized carbons (Fsp3) is 0. The van der Waals surface area contributed by atoms with E-state index in [1.807, 2.05) is 0 Å². The summed E-state index contributed by atoms with van der Waals surface area (Å²) in [4.78, 5) is 0. The standard InChI is InChI=1S/Mo.9O.3Pb.2Sc/q;9*-2;3*+2;2*+3. The van der Waals surface area contributed by atoms with Crippen LogP contribution in [0.2, 0.25) is 0 Å².